The van der Waals surface area contributed by atoms with Crippen molar-refractivity contribution in [1.82, 2.24) is 15.3 Å². The molecule has 0 saturated heterocycles. The average molecular weight is 243 g/mol. The van der Waals surface area contributed by atoms with E-state index < -0.39 is 0 Å². The molecule has 1 aromatic heterocycles. The number of imidazole rings is 1. The van der Waals surface area contributed by atoms with Crippen molar-refractivity contribution in [2.45, 2.75) is 18.9 Å². The topological polar surface area (TPSA) is 49.9 Å². The first-order valence-electron chi connectivity index (χ1n) is 6.23. The number of nitrogens with zero attached hydrogens (tertiary/aromatic N) is 1. The Hall–Kier alpha value is -1.81. The number of aromatic amines is 1. The fraction of sp³-hybridized carbons (Fsp3) is 0.357. The van der Waals surface area contributed by atoms with Crippen LogP contribution in [0.1, 0.15) is 18.3 Å². The summed E-state index contributed by atoms with van der Waals surface area (Å²) >= 11 is 0. The highest BCUT2D eigenvalue weighted by Crippen LogP contribution is 2.26. The van der Waals surface area contributed by atoms with E-state index in [9.17, 15) is 0 Å². The van der Waals surface area contributed by atoms with Crippen LogP contribution in [-0.2, 0) is 12.0 Å². The zero-order valence-corrected chi connectivity index (χ0v) is 10.4. The quantitative estimate of drug-likeness (QED) is 0.865. The number of nitrogens with one attached hydrogen (secondary N) is 2. The van der Waals surface area contributed by atoms with Crippen molar-refractivity contribution >= 4 is 0 Å². The first-order valence-corrected chi connectivity index (χ1v) is 6.23. The van der Waals surface area contributed by atoms with Crippen molar-refractivity contribution in [2.24, 2.45) is 0 Å². The van der Waals surface area contributed by atoms with Crippen LogP contribution < -0.4 is 10.1 Å². The highest BCUT2D eigenvalue weighted by Gasteiger charge is 2.34. The summed E-state index contributed by atoms with van der Waals surface area (Å²) in [7, 11) is 0. The van der Waals surface area contributed by atoms with Gasteiger partial charge in [0, 0.05) is 18.7 Å². The lowest BCUT2D eigenvalue weighted by atomic mass is 9.92. The zero-order chi connectivity index (χ0) is 12.4. The average Bonchev–Trinajstić information content (AvgIpc) is 2.88. The van der Waals surface area contributed by atoms with E-state index in [-0.39, 0.29) is 5.54 Å². The fourth-order valence-electron chi connectivity index (χ4n) is 2.40. The highest BCUT2D eigenvalue weighted by atomic mass is 16.5. The molecular formula is C14H17N3O. The second-order valence-electron chi connectivity index (χ2n) is 4.84. The maximum atomic E-state index is 5.86. The molecule has 4 nitrogen and oxygen atoms in total. The third-order valence-electron chi connectivity index (χ3n) is 3.40. The Morgan fingerprint density at radius 2 is 2.17 bits per heavy atom. The van der Waals surface area contributed by atoms with E-state index >= 15 is 0 Å². The lowest BCUT2D eigenvalue weighted by Gasteiger charge is -2.33. The zero-order valence-electron chi connectivity index (χ0n) is 10.4. The Morgan fingerprint density at radius 3 is 3.00 bits per heavy atom. The Labute approximate surface area is 106 Å². The normalized spacial score (nSPS) is 22.5. The number of hydrogen-bond acceptors (Lipinski definition) is 3. The molecule has 0 fully saturated rings. The molecule has 1 aliphatic heterocycles. The van der Waals surface area contributed by atoms with Gasteiger partial charge in [-0.1, -0.05) is 18.2 Å². The Balaban J connectivity index is 1.77. The number of H-pyrrole nitrogens is 1. The monoisotopic (exact) mass is 243 g/mol. The van der Waals surface area contributed by atoms with Gasteiger partial charge in [-0.3, -0.25) is 0 Å². The van der Waals surface area contributed by atoms with Gasteiger partial charge in [0.15, 0.2) is 0 Å². The molecule has 0 radical (unpaired) electrons. The van der Waals surface area contributed by atoms with Gasteiger partial charge in [0.05, 0.1) is 17.6 Å². The van der Waals surface area contributed by atoms with E-state index in [4.69, 9.17) is 4.74 Å². The second kappa shape index (κ2) is 4.46. The Bertz CT molecular complexity index is 523. The summed E-state index contributed by atoms with van der Waals surface area (Å²) < 4.78 is 5.86. The molecular weight excluding hydrogens is 226 g/mol. The molecule has 94 valence electrons. The third-order valence-corrected chi connectivity index (χ3v) is 3.40. The molecule has 2 N–H and O–H groups in total. The van der Waals surface area contributed by atoms with Gasteiger partial charge in [-0.05, 0) is 19.1 Å². The minimum atomic E-state index is -0.219. The molecule has 0 bridgehead atoms. The highest BCUT2D eigenvalue weighted by molar-refractivity contribution is 5.26. The molecule has 2 aromatic rings. The van der Waals surface area contributed by atoms with Crippen molar-refractivity contribution < 1.29 is 4.74 Å². The van der Waals surface area contributed by atoms with E-state index in [0.29, 0.717) is 6.61 Å². The summed E-state index contributed by atoms with van der Waals surface area (Å²) in [6.45, 7) is 3.66. The van der Waals surface area contributed by atoms with E-state index in [1.807, 2.05) is 30.3 Å². The van der Waals surface area contributed by atoms with Gasteiger partial charge in [-0.25, -0.2) is 4.98 Å². The number of para-hydroxylation sites is 1. The molecule has 4 heteroatoms. The van der Waals surface area contributed by atoms with Crippen molar-refractivity contribution in [3.63, 3.8) is 0 Å². The van der Waals surface area contributed by atoms with Gasteiger partial charge in [-0.15, -0.1) is 0 Å². The molecule has 1 atom stereocenters. The standard InChI is InChI=1S/C14H17N3O/c1-14(9-18-11-5-3-2-4-6-11)13-12(7-8-17-14)15-10-16-13/h2-6,10,17H,7-9H2,1H3,(H,15,16)/t14-/m1/s1. The maximum Gasteiger partial charge on any atom is 0.119 e. The summed E-state index contributed by atoms with van der Waals surface area (Å²) in [6, 6.07) is 9.88. The molecule has 0 unspecified atom stereocenters. The summed E-state index contributed by atoms with van der Waals surface area (Å²) in [4.78, 5) is 7.63. The first-order chi connectivity index (χ1) is 8.78. The van der Waals surface area contributed by atoms with Crippen LogP contribution in [0.25, 0.3) is 0 Å². The van der Waals surface area contributed by atoms with Crippen LogP contribution in [-0.4, -0.2) is 23.1 Å². The molecule has 0 aliphatic carbocycles. The predicted octanol–water partition coefficient (Wildman–Crippen LogP) is 1.85. The largest absolute Gasteiger partial charge is 0.491 e. The van der Waals surface area contributed by atoms with Crippen LogP contribution in [0.2, 0.25) is 0 Å². The summed E-state index contributed by atoms with van der Waals surface area (Å²) in [5.41, 5.74) is 2.07. The Morgan fingerprint density at radius 1 is 1.33 bits per heavy atom. The number of rotatable bonds is 3. The van der Waals surface area contributed by atoms with Gasteiger partial charge in [0.25, 0.3) is 0 Å². The van der Waals surface area contributed by atoms with Crippen molar-refractivity contribution in [3.05, 3.63) is 48.0 Å². The van der Waals surface area contributed by atoms with Gasteiger partial charge in [-0.2, -0.15) is 0 Å². The van der Waals surface area contributed by atoms with E-state index in [1.165, 1.54) is 5.69 Å². The van der Waals surface area contributed by atoms with Crippen LogP contribution in [0, 0.1) is 0 Å². The third kappa shape index (κ3) is 1.99. The number of fused-ring (bicyclic) bond motifs is 1. The van der Waals surface area contributed by atoms with Crippen molar-refractivity contribution in [1.29, 1.82) is 0 Å². The van der Waals surface area contributed by atoms with Crippen LogP contribution in [0.5, 0.6) is 5.75 Å². The molecule has 3 rings (SSSR count). The molecule has 0 spiro atoms. The SMILES string of the molecule is C[C@]1(COc2ccccc2)NCCc2[nH]cnc21. The maximum absolute atomic E-state index is 5.86. The van der Waals surface area contributed by atoms with Gasteiger partial charge in [0.2, 0.25) is 0 Å². The van der Waals surface area contributed by atoms with E-state index in [0.717, 1.165) is 24.4 Å². The fourth-order valence-corrected chi connectivity index (χ4v) is 2.40. The molecule has 1 aromatic carbocycles. The molecule has 2 heterocycles. The summed E-state index contributed by atoms with van der Waals surface area (Å²) in [5.74, 6) is 0.892. The molecule has 1 aliphatic rings. The number of ether oxygens (including phenoxy) is 1. The summed E-state index contributed by atoms with van der Waals surface area (Å²) in [5, 5.41) is 3.50. The lowest BCUT2D eigenvalue weighted by Crippen LogP contribution is -2.49. The second-order valence-corrected chi connectivity index (χ2v) is 4.84. The minimum absolute atomic E-state index is 0.219. The van der Waals surface area contributed by atoms with Crippen LogP contribution in [0.4, 0.5) is 0 Å². The number of hydrogen-bond donors (Lipinski definition) is 2. The lowest BCUT2D eigenvalue weighted by molar-refractivity contribution is 0.184. The Kier molecular flexibility index (Phi) is 2.80. The number of aromatic nitrogens is 2. The van der Waals surface area contributed by atoms with Crippen LogP contribution in [0.15, 0.2) is 36.7 Å². The van der Waals surface area contributed by atoms with Crippen molar-refractivity contribution in [2.75, 3.05) is 13.2 Å². The minimum Gasteiger partial charge on any atom is -0.491 e. The van der Waals surface area contributed by atoms with Gasteiger partial charge in [0.1, 0.15) is 12.4 Å². The predicted molar refractivity (Wildman–Crippen MR) is 69.6 cm³/mol. The molecule has 0 amide bonds. The molecule has 0 saturated carbocycles. The van der Waals surface area contributed by atoms with Crippen LogP contribution >= 0.6 is 0 Å². The van der Waals surface area contributed by atoms with Gasteiger partial charge < -0.3 is 15.0 Å². The summed E-state index contributed by atoms with van der Waals surface area (Å²) in [6.07, 6.45) is 2.76. The van der Waals surface area contributed by atoms with Crippen molar-refractivity contribution in [3.8, 4) is 5.75 Å². The van der Waals surface area contributed by atoms with E-state index in [2.05, 4.69) is 22.2 Å². The van der Waals surface area contributed by atoms with E-state index in [1.54, 1.807) is 6.33 Å². The number of benzene rings is 1. The first kappa shape index (κ1) is 11.3. The van der Waals surface area contributed by atoms with Gasteiger partial charge >= 0.3 is 0 Å². The van der Waals surface area contributed by atoms with Crippen LogP contribution in [0.3, 0.4) is 0 Å². The molecule has 18 heavy (non-hydrogen) atoms. The smallest absolute Gasteiger partial charge is 0.119 e.